The lowest BCUT2D eigenvalue weighted by molar-refractivity contribution is -0.142. The molecule has 1 aromatic carbocycles. The van der Waals surface area contributed by atoms with Crippen LogP contribution in [0.25, 0.3) is 11.0 Å². The molecule has 25 heavy (non-hydrogen) atoms. The highest BCUT2D eigenvalue weighted by Gasteiger charge is 2.33. The van der Waals surface area contributed by atoms with Crippen molar-refractivity contribution in [3.63, 3.8) is 0 Å². The van der Waals surface area contributed by atoms with Crippen molar-refractivity contribution in [3.8, 4) is 0 Å². The number of piperidine rings is 1. The van der Waals surface area contributed by atoms with Crippen molar-refractivity contribution < 1.29 is 9.59 Å². The Bertz CT molecular complexity index is 819. The van der Waals surface area contributed by atoms with E-state index in [9.17, 15) is 9.59 Å². The van der Waals surface area contributed by atoms with E-state index in [1.54, 1.807) is 4.90 Å². The van der Waals surface area contributed by atoms with E-state index in [-0.39, 0.29) is 24.4 Å². The smallest absolute Gasteiger partial charge is 0.242 e. The number of nitrogens with one attached hydrogen (secondary N) is 1. The van der Waals surface area contributed by atoms with Crippen LogP contribution in [0.2, 0.25) is 5.02 Å². The van der Waals surface area contributed by atoms with Crippen LogP contribution in [0.3, 0.4) is 0 Å². The number of hydrogen-bond donors (Lipinski definition) is 1. The number of amides is 2. The number of imidazole rings is 1. The van der Waals surface area contributed by atoms with Gasteiger partial charge in [0.05, 0.1) is 23.6 Å². The van der Waals surface area contributed by atoms with Gasteiger partial charge in [0.25, 0.3) is 0 Å². The largest absolute Gasteiger partial charge is 0.340 e. The molecular formula is C18H21ClN4O2. The van der Waals surface area contributed by atoms with Crippen LogP contribution < -0.4 is 0 Å². The van der Waals surface area contributed by atoms with E-state index in [0.29, 0.717) is 24.5 Å². The van der Waals surface area contributed by atoms with Gasteiger partial charge >= 0.3 is 0 Å². The number of likely N-dealkylation sites (tertiary alicyclic amines) is 2. The lowest BCUT2D eigenvalue weighted by atomic mass is 10.1. The maximum Gasteiger partial charge on any atom is 0.242 e. The summed E-state index contributed by atoms with van der Waals surface area (Å²) in [6.07, 6.45) is 4.29. The number of nitrogens with zero attached hydrogens (tertiary/aromatic N) is 3. The molecule has 7 heteroatoms. The van der Waals surface area contributed by atoms with Gasteiger partial charge in [0, 0.05) is 24.5 Å². The average Bonchev–Trinajstić information content (AvgIpc) is 3.22. The first kappa shape index (κ1) is 16.4. The Morgan fingerprint density at radius 2 is 2.16 bits per heavy atom. The molecule has 0 bridgehead atoms. The lowest BCUT2D eigenvalue weighted by Crippen LogP contribution is -2.44. The third-order valence-electron chi connectivity index (χ3n) is 5.10. The summed E-state index contributed by atoms with van der Waals surface area (Å²) in [5.74, 6) is 0.901. The highest BCUT2D eigenvalue weighted by molar-refractivity contribution is 6.31. The SMILES string of the molecule is O=C1CCCCN1CC(=O)N1CCCC1c1nc2ccc(Cl)cc2[nH]1. The second-order valence-corrected chi connectivity index (χ2v) is 7.24. The second-order valence-electron chi connectivity index (χ2n) is 6.80. The Balaban J connectivity index is 1.52. The van der Waals surface area contributed by atoms with Crippen LogP contribution in [0.4, 0.5) is 0 Å². The van der Waals surface area contributed by atoms with Crippen LogP contribution in [-0.2, 0) is 9.59 Å². The van der Waals surface area contributed by atoms with Crippen LogP contribution in [0.1, 0.15) is 44.0 Å². The molecule has 2 aromatic rings. The molecule has 2 aliphatic heterocycles. The van der Waals surface area contributed by atoms with Gasteiger partial charge in [-0.2, -0.15) is 0 Å². The molecule has 2 fully saturated rings. The fourth-order valence-corrected chi connectivity index (χ4v) is 3.96. The molecule has 4 rings (SSSR count). The lowest BCUT2D eigenvalue weighted by Gasteiger charge is -2.30. The molecule has 0 aliphatic carbocycles. The Morgan fingerprint density at radius 3 is 3.00 bits per heavy atom. The second kappa shape index (κ2) is 6.67. The highest BCUT2D eigenvalue weighted by Crippen LogP contribution is 2.32. The number of rotatable bonds is 3. The Labute approximate surface area is 151 Å². The van der Waals surface area contributed by atoms with E-state index in [4.69, 9.17) is 11.6 Å². The minimum Gasteiger partial charge on any atom is -0.340 e. The zero-order valence-corrected chi connectivity index (χ0v) is 14.8. The van der Waals surface area contributed by atoms with Crippen LogP contribution >= 0.6 is 11.6 Å². The number of aromatic amines is 1. The van der Waals surface area contributed by atoms with Gasteiger partial charge in [0.15, 0.2) is 0 Å². The summed E-state index contributed by atoms with van der Waals surface area (Å²) in [6.45, 7) is 1.58. The van der Waals surface area contributed by atoms with Gasteiger partial charge in [-0.25, -0.2) is 4.98 Å². The maximum absolute atomic E-state index is 12.8. The number of fused-ring (bicyclic) bond motifs is 1. The maximum atomic E-state index is 12.8. The molecular weight excluding hydrogens is 340 g/mol. The number of halogens is 1. The third kappa shape index (κ3) is 3.23. The molecule has 2 amide bonds. The molecule has 1 N–H and O–H groups in total. The first-order valence-corrected chi connectivity index (χ1v) is 9.22. The van der Waals surface area contributed by atoms with Crippen LogP contribution in [0.15, 0.2) is 18.2 Å². The molecule has 1 atom stereocenters. The zero-order chi connectivity index (χ0) is 17.4. The molecule has 0 radical (unpaired) electrons. The summed E-state index contributed by atoms with van der Waals surface area (Å²) in [7, 11) is 0. The topological polar surface area (TPSA) is 69.3 Å². The van der Waals surface area contributed by atoms with E-state index in [1.165, 1.54) is 0 Å². The van der Waals surface area contributed by atoms with Gasteiger partial charge in [0.2, 0.25) is 11.8 Å². The fraction of sp³-hybridized carbons (Fsp3) is 0.500. The van der Waals surface area contributed by atoms with Crippen LogP contribution in [0, 0.1) is 0 Å². The monoisotopic (exact) mass is 360 g/mol. The molecule has 3 heterocycles. The molecule has 6 nitrogen and oxygen atoms in total. The van der Waals surface area contributed by atoms with E-state index in [0.717, 1.165) is 42.5 Å². The third-order valence-corrected chi connectivity index (χ3v) is 5.33. The van der Waals surface area contributed by atoms with Crippen molar-refractivity contribution in [3.05, 3.63) is 29.0 Å². The Hall–Kier alpha value is -2.08. The molecule has 0 spiro atoms. The molecule has 0 saturated carbocycles. The van der Waals surface area contributed by atoms with Gasteiger partial charge in [0.1, 0.15) is 5.82 Å². The van der Waals surface area contributed by atoms with Crippen LogP contribution in [-0.4, -0.2) is 51.2 Å². The van der Waals surface area contributed by atoms with Crippen LogP contribution in [0.5, 0.6) is 0 Å². The van der Waals surface area contributed by atoms with E-state index in [1.807, 2.05) is 23.1 Å². The van der Waals surface area contributed by atoms with Gasteiger partial charge in [-0.15, -0.1) is 0 Å². The average molecular weight is 361 g/mol. The van der Waals surface area contributed by atoms with Gasteiger partial charge in [-0.05, 0) is 43.9 Å². The molecule has 1 aromatic heterocycles. The quantitative estimate of drug-likeness (QED) is 0.915. The first-order valence-electron chi connectivity index (χ1n) is 8.84. The van der Waals surface area contributed by atoms with E-state index in [2.05, 4.69) is 9.97 Å². The fourth-order valence-electron chi connectivity index (χ4n) is 3.79. The number of H-pyrrole nitrogens is 1. The normalized spacial score (nSPS) is 21.3. The number of hydrogen-bond acceptors (Lipinski definition) is 3. The van der Waals surface area contributed by atoms with Crippen molar-refractivity contribution in [2.75, 3.05) is 19.6 Å². The van der Waals surface area contributed by atoms with Crippen molar-refractivity contribution in [2.45, 2.75) is 38.1 Å². The van der Waals surface area contributed by atoms with Gasteiger partial charge in [-0.3, -0.25) is 9.59 Å². The first-order chi connectivity index (χ1) is 12.1. The van der Waals surface area contributed by atoms with Crippen molar-refractivity contribution in [2.24, 2.45) is 0 Å². The minimum absolute atomic E-state index is 0.0104. The Morgan fingerprint density at radius 1 is 1.28 bits per heavy atom. The number of carbonyl (C=O) groups excluding carboxylic acids is 2. The summed E-state index contributed by atoms with van der Waals surface area (Å²) in [5.41, 5.74) is 1.73. The summed E-state index contributed by atoms with van der Waals surface area (Å²) >= 11 is 6.04. The summed E-state index contributed by atoms with van der Waals surface area (Å²) in [5, 5.41) is 0.658. The predicted octanol–water partition coefficient (Wildman–Crippen LogP) is 2.89. The molecule has 1 unspecified atom stereocenters. The van der Waals surface area contributed by atoms with Crippen molar-refractivity contribution >= 4 is 34.4 Å². The summed E-state index contributed by atoms with van der Waals surface area (Å²) < 4.78 is 0. The molecule has 2 saturated heterocycles. The molecule has 2 aliphatic rings. The summed E-state index contributed by atoms with van der Waals surface area (Å²) in [4.78, 5) is 36.3. The number of carbonyl (C=O) groups is 2. The number of aromatic nitrogens is 2. The minimum atomic E-state index is -0.0569. The highest BCUT2D eigenvalue weighted by atomic mass is 35.5. The number of benzene rings is 1. The van der Waals surface area contributed by atoms with E-state index >= 15 is 0 Å². The van der Waals surface area contributed by atoms with Gasteiger partial charge < -0.3 is 14.8 Å². The zero-order valence-electron chi connectivity index (χ0n) is 14.0. The standard InChI is InChI=1S/C18H21ClN4O2/c19-12-6-7-13-14(10-12)21-18(20-13)15-4-3-9-23(15)17(25)11-22-8-2-1-5-16(22)24/h6-7,10,15H,1-5,8-9,11H2,(H,20,21). The van der Waals surface area contributed by atoms with E-state index < -0.39 is 0 Å². The van der Waals surface area contributed by atoms with Crippen molar-refractivity contribution in [1.82, 2.24) is 19.8 Å². The van der Waals surface area contributed by atoms with Gasteiger partial charge in [-0.1, -0.05) is 11.6 Å². The summed E-state index contributed by atoms with van der Waals surface area (Å²) in [6, 6.07) is 5.48. The van der Waals surface area contributed by atoms with Crippen molar-refractivity contribution in [1.29, 1.82) is 0 Å². The predicted molar refractivity (Wildman–Crippen MR) is 95.2 cm³/mol. The molecule has 132 valence electrons. The Kier molecular flexibility index (Phi) is 4.37.